The highest BCUT2D eigenvalue weighted by Gasteiger charge is 2.32. The van der Waals surface area contributed by atoms with Crippen LogP contribution in [0, 0.1) is 3.57 Å². The molecular weight excluding hydrogens is 329 g/mol. The molecule has 0 bridgehead atoms. The molecule has 3 rings (SSSR count). The SMILES string of the molecule is CC(C)n1ccc(-c2noc(C3CC3)c2I)n1. The van der Waals surface area contributed by atoms with Gasteiger partial charge in [0.1, 0.15) is 11.4 Å². The van der Waals surface area contributed by atoms with Crippen LogP contribution >= 0.6 is 22.6 Å². The van der Waals surface area contributed by atoms with Crippen LogP contribution < -0.4 is 0 Å². The molecule has 1 aliphatic carbocycles. The predicted octanol–water partition coefficient (Wildman–Crippen LogP) is 3.60. The van der Waals surface area contributed by atoms with Gasteiger partial charge in [-0.3, -0.25) is 4.68 Å². The highest BCUT2D eigenvalue weighted by Crippen LogP contribution is 2.44. The van der Waals surface area contributed by atoms with Gasteiger partial charge in [0.05, 0.1) is 3.57 Å². The second-order valence-corrected chi connectivity index (χ2v) is 5.84. The first-order chi connectivity index (χ1) is 8.16. The van der Waals surface area contributed by atoms with Crippen LogP contribution in [0.5, 0.6) is 0 Å². The van der Waals surface area contributed by atoms with Crippen LogP contribution in [0.25, 0.3) is 11.4 Å². The third-order valence-corrected chi connectivity index (χ3v) is 4.03. The summed E-state index contributed by atoms with van der Waals surface area (Å²) in [5.41, 5.74) is 1.78. The van der Waals surface area contributed by atoms with Crippen LogP contribution in [0.3, 0.4) is 0 Å². The summed E-state index contributed by atoms with van der Waals surface area (Å²) >= 11 is 2.32. The second kappa shape index (κ2) is 4.12. The molecule has 2 aromatic heterocycles. The molecule has 0 spiro atoms. The maximum Gasteiger partial charge on any atom is 0.153 e. The van der Waals surface area contributed by atoms with Gasteiger partial charge >= 0.3 is 0 Å². The summed E-state index contributed by atoms with van der Waals surface area (Å²) in [6.07, 6.45) is 4.44. The van der Waals surface area contributed by atoms with Gasteiger partial charge in [-0.2, -0.15) is 5.10 Å². The first kappa shape index (κ1) is 11.3. The van der Waals surface area contributed by atoms with Gasteiger partial charge in [0, 0.05) is 18.2 Å². The van der Waals surface area contributed by atoms with Crippen molar-refractivity contribution in [3.8, 4) is 11.4 Å². The van der Waals surface area contributed by atoms with E-state index in [9.17, 15) is 0 Å². The molecule has 1 aliphatic rings. The molecule has 0 unspecified atom stereocenters. The zero-order valence-electron chi connectivity index (χ0n) is 9.85. The van der Waals surface area contributed by atoms with Crippen molar-refractivity contribution in [1.29, 1.82) is 0 Å². The number of rotatable bonds is 3. The van der Waals surface area contributed by atoms with E-state index < -0.39 is 0 Å². The average molecular weight is 343 g/mol. The van der Waals surface area contributed by atoms with Crippen molar-refractivity contribution in [3.05, 3.63) is 21.6 Å². The molecule has 17 heavy (non-hydrogen) atoms. The number of hydrogen-bond acceptors (Lipinski definition) is 3. The van der Waals surface area contributed by atoms with E-state index >= 15 is 0 Å². The maximum atomic E-state index is 5.44. The molecular formula is C12H14IN3O. The van der Waals surface area contributed by atoms with E-state index in [4.69, 9.17) is 4.52 Å². The Bertz CT molecular complexity index is 540. The zero-order valence-corrected chi connectivity index (χ0v) is 12.0. The minimum Gasteiger partial charge on any atom is -0.359 e. The van der Waals surface area contributed by atoms with E-state index in [2.05, 4.69) is 46.7 Å². The summed E-state index contributed by atoms with van der Waals surface area (Å²) in [7, 11) is 0. The standard InChI is InChI=1S/C12H14IN3O/c1-7(2)16-6-5-9(14-16)11-10(13)12(17-15-11)8-3-4-8/h5-8H,3-4H2,1-2H3. The van der Waals surface area contributed by atoms with Gasteiger partial charge in [-0.05, 0) is 55.3 Å². The zero-order chi connectivity index (χ0) is 12.0. The van der Waals surface area contributed by atoms with Gasteiger partial charge in [-0.1, -0.05) is 5.16 Å². The second-order valence-electron chi connectivity index (χ2n) is 4.76. The van der Waals surface area contributed by atoms with Crippen molar-refractivity contribution in [2.24, 2.45) is 0 Å². The highest BCUT2D eigenvalue weighted by molar-refractivity contribution is 14.1. The molecule has 1 saturated carbocycles. The van der Waals surface area contributed by atoms with Crippen LogP contribution in [0.4, 0.5) is 0 Å². The summed E-state index contributed by atoms with van der Waals surface area (Å²) in [6.45, 7) is 4.22. The van der Waals surface area contributed by atoms with Crippen LogP contribution in [0.2, 0.25) is 0 Å². The topological polar surface area (TPSA) is 43.9 Å². The van der Waals surface area contributed by atoms with Gasteiger partial charge in [-0.25, -0.2) is 0 Å². The average Bonchev–Trinajstić information content (AvgIpc) is 2.88. The smallest absolute Gasteiger partial charge is 0.153 e. The fraction of sp³-hybridized carbons (Fsp3) is 0.500. The highest BCUT2D eigenvalue weighted by atomic mass is 127. The van der Waals surface area contributed by atoms with Crippen molar-refractivity contribution in [2.45, 2.75) is 38.6 Å². The van der Waals surface area contributed by atoms with Crippen LogP contribution in [0.15, 0.2) is 16.8 Å². The van der Waals surface area contributed by atoms with Gasteiger partial charge < -0.3 is 4.52 Å². The van der Waals surface area contributed by atoms with Crippen molar-refractivity contribution in [1.82, 2.24) is 14.9 Å². The molecule has 2 aromatic rings. The molecule has 0 saturated heterocycles. The Morgan fingerprint density at radius 2 is 2.24 bits per heavy atom. The Hall–Kier alpha value is -0.850. The molecule has 0 amide bonds. The number of nitrogens with zero attached hydrogens (tertiary/aromatic N) is 3. The van der Waals surface area contributed by atoms with E-state index in [1.54, 1.807) is 0 Å². The quantitative estimate of drug-likeness (QED) is 0.800. The lowest BCUT2D eigenvalue weighted by molar-refractivity contribution is 0.385. The summed E-state index contributed by atoms with van der Waals surface area (Å²) in [5, 5.41) is 8.68. The lowest BCUT2D eigenvalue weighted by Gasteiger charge is -2.02. The summed E-state index contributed by atoms with van der Waals surface area (Å²) in [5.74, 6) is 1.63. The summed E-state index contributed by atoms with van der Waals surface area (Å²) in [4.78, 5) is 0. The van der Waals surface area contributed by atoms with Crippen LogP contribution in [-0.4, -0.2) is 14.9 Å². The van der Waals surface area contributed by atoms with Gasteiger partial charge in [0.2, 0.25) is 0 Å². The molecule has 90 valence electrons. The molecule has 0 aliphatic heterocycles. The first-order valence-corrected chi connectivity index (χ1v) is 6.95. The normalized spacial score (nSPS) is 15.8. The molecule has 2 heterocycles. The van der Waals surface area contributed by atoms with E-state index in [1.165, 1.54) is 12.8 Å². The molecule has 4 nitrogen and oxygen atoms in total. The van der Waals surface area contributed by atoms with Gasteiger partial charge in [0.25, 0.3) is 0 Å². The molecule has 0 atom stereocenters. The Morgan fingerprint density at radius 1 is 1.47 bits per heavy atom. The Labute approximate surface area is 114 Å². The third kappa shape index (κ3) is 2.00. The largest absolute Gasteiger partial charge is 0.359 e. The summed E-state index contributed by atoms with van der Waals surface area (Å²) in [6, 6.07) is 2.37. The molecule has 0 radical (unpaired) electrons. The molecule has 0 N–H and O–H groups in total. The number of halogens is 1. The maximum absolute atomic E-state index is 5.44. The first-order valence-electron chi connectivity index (χ1n) is 5.87. The number of aromatic nitrogens is 3. The Kier molecular flexibility index (Phi) is 2.72. The monoisotopic (exact) mass is 343 g/mol. The van der Waals surface area contributed by atoms with Crippen molar-refractivity contribution >= 4 is 22.6 Å². The minimum atomic E-state index is 0.371. The van der Waals surface area contributed by atoms with Crippen molar-refractivity contribution in [2.75, 3.05) is 0 Å². The van der Waals surface area contributed by atoms with E-state index in [0.717, 1.165) is 20.7 Å². The minimum absolute atomic E-state index is 0.371. The predicted molar refractivity (Wildman–Crippen MR) is 72.8 cm³/mol. The fourth-order valence-corrected chi connectivity index (χ4v) is 2.72. The fourth-order valence-electron chi connectivity index (χ4n) is 1.80. The molecule has 1 fully saturated rings. The Morgan fingerprint density at radius 3 is 2.82 bits per heavy atom. The summed E-state index contributed by atoms with van der Waals surface area (Å²) < 4.78 is 8.50. The van der Waals surface area contributed by atoms with Crippen LogP contribution in [0.1, 0.15) is 44.4 Å². The number of hydrogen-bond donors (Lipinski definition) is 0. The van der Waals surface area contributed by atoms with Crippen molar-refractivity contribution < 1.29 is 4.52 Å². The lowest BCUT2D eigenvalue weighted by atomic mass is 10.2. The van der Waals surface area contributed by atoms with E-state index in [1.807, 2.05) is 16.9 Å². The van der Waals surface area contributed by atoms with Crippen molar-refractivity contribution in [3.63, 3.8) is 0 Å². The van der Waals surface area contributed by atoms with E-state index in [-0.39, 0.29) is 0 Å². The van der Waals surface area contributed by atoms with E-state index in [0.29, 0.717) is 12.0 Å². The molecule has 5 heteroatoms. The Balaban J connectivity index is 1.97. The third-order valence-electron chi connectivity index (χ3n) is 2.99. The molecule has 0 aromatic carbocycles. The van der Waals surface area contributed by atoms with Gasteiger partial charge in [-0.15, -0.1) is 0 Å². The van der Waals surface area contributed by atoms with Crippen LogP contribution in [-0.2, 0) is 0 Å². The lowest BCUT2D eigenvalue weighted by Crippen LogP contribution is -2.00. The van der Waals surface area contributed by atoms with Gasteiger partial charge in [0.15, 0.2) is 5.76 Å².